The average Bonchev–Trinajstić information content (AvgIpc) is 3.01. The van der Waals surface area contributed by atoms with Crippen molar-refractivity contribution in [3.8, 4) is 11.5 Å². The van der Waals surface area contributed by atoms with Crippen molar-refractivity contribution in [1.82, 2.24) is 10.2 Å². The number of ether oxygens (including phenoxy) is 1. The SMILES string of the molecule is COC(CN)CC(=O)Nc1cc(-c2nnco2)ccc1C. The monoisotopic (exact) mass is 290 g/mol. The van der Waals surface area contributed by atoms with Crippen LogP contribution in [0, 0.1) is 6.92 Å². The van der Waals surface area contributed by atoms with E-state index in [2.05, 4.69) is 15.5 Å². The predicted octanol–water partition coefficient (Wildman–Crippen LogP) is 1.35. The first-order valence-electron chi connectivity index (χ1n) is 6.54. The van der Waals surface area contributed by atoms with Crippen LogP contribution in [0.4, 0.5) is 5.69 Å². The molecule has 2 rings (SSSR count). The van der Waals surface area contributed by atoms with Gasteiger partial charge >= 0.3 is 0 Å². The van der Waals surface area contributed by atoms with E-state index in [1.807, 2.05) is 19.1 Å². The minimum absolute atomic E-state index is 0.155. The smallest absolute Gasteiger partial charge is 0.247 e. The zero-order valence-corrected chi connectivity index (χ0v) is 12.0. The van der Waals surface area contributed by atoms with Crippen LogP contribution in [0.2, 0.25) is 0 Å². The number of carbonyl (C=O) groups is 1. The van der Waals surface area contributed by atoms with Crippen LogP contribution >= 0.6 is 0 Å². The molecule has 1 amide bonds. The normalized spacial score (nSPS) is 12.1. The summed E-state index contributed by atoms with van der Waals surface area (Å²) in [6.07, 6.45) is 1.18. The van der Waals surface area contributed by atoms with Crippen molar-refractivity contribution < 1.29 is 13.9 Å². The zero-order valence-electron chi connectivity index (χ0n) is 12.0. The van der Waals surface area contributed by atoms with Crippen molar-refractivity contribution in [1.29, 1.82) is 0 Å². The molecule has 2 aromatic rings. The minimum atomic E-state index is -0.288. The Kier molecular flexibility index (Phi) is 5.02. The lowest BCUT2D eigenvalue weighted by Gasteiger charge is -2.14. The third-order valence-corrected chi connectivity index (χ3v) is 3.13. The number of nitrogens with zero attached hydrogens (tertiary/aromatic N) is 2. The van der Waals surface area contributed by atoms with E-state index in [0.717, 1.165) is 11.1 Å². The maximum absolute atomic E-state index is 12.0. The summed E-state index contributed by atoms with van der Waals surface area (Å²) in [6, 6.07) is 5.53. The molecule has 0 aliphatic carbocycles. The molecule has 0 bridgehead atoms. The maximum Gasteiger partial charge on any atom is 0.247 e. The van der Waals surface area contributed by atoms with E-state index >= 15 is 0 Å². The summed E-state index contributed by atoms with van der Waals surface area (Å²) in [4.78, 5) is 12.0. The third-order valence-electron chi connectivity index (χ3n) is 3.13. The first kappa shape index (κ1) is 15.1. The fraction of sp³-hybridized carbons (Fsp3) is 0.357. The molecule has 21 heavy (non-hydrogen) atoms. The van der Waals surface area contributed by atoms with Crippen LogP contribution in [-0.4, -0.2) is 35.9 Å². The van der Waals surface area contributed by atoms with Crippen molar-refractivity contribution in [2.75, 3.05) is 19.0 Å². The molecular formula is C14H18N4O3. The number of nitrogens with two attached hydrogens (primary N) is 1. The van der Waals surface area contributed by atoms with Crippen LogP contribution in [0.15, 0.2) is 29.0 Å². The second-order valence-electron chi connectivity index (χ2n) is 4.62. The summed E-state index contributed by atoms with van der Waals surface area (Å²) in [7, 11) is 1.53. The van der Waals surface area contributed by atoms with Gasteiger partial charge in [0, 0.05) is 24.9 Å². The molecule has 1 atom stereocenters. The number of anilines is 1. The lowest BCUT2D eigenvalue weighted by molar-refractivity contribution is -0.118. The molecule has 3 N–H and O–H groups in total. The van der Waals surface area contributed by atoms with Gasteiger partial charge in [-0.15, -0.1) is 10.2 Å². The summed E-state index contributed by atoms with van der Waals surface area (Å²) < 4.78 is 10.2. The van der Waals surface area contributed by atoms with E-state index in [9.17, 15) is 4.79 Å². The number of carbonyl (C=O) groups excluding carboxylic acids is 1. The summed E-state index contributed by atoms with van der Waals surface area (Å²) in [5.74, 6) is 0.250. The van der Waals surface area contributed by atoms with Gasteiger partial charge < -0.3 is 20.2 Å². The average molecular weight is 290 g/mol. The molecule has 0 aliphatic heterocycles. The number of hydrogen-bond donors (Lipinski definition) is 2. The molecule has 112 valence electrons. The molecule has 0 radical (unpaired) electrons. The van der Waals surface area contributed by atoms with Crippen molar-refractivity contribution in [2.45, 2.75) is 19.4 Å². The first-order valence-corrected chi connectivity index (χ1v) is 6.54. The Labute approximate surface area is 122 Å². The molecule has 1 heterocycles. The fourth-order valence-corrected chi connectivity index (χ4v) is 1.86. The highest BCUT2D eigenvalue weighted by molar-refractivity contribution is 5.92. The lowest BCUT2D eigenvalue weighted by Crippen LogP contribution is -2.28. The van der Waals surface area contributed by atoms with Crippen molar-refractivity contribution >= 4 is 11.6 Å². The Balaban J connectivity index is 2.12. The van der Waals surface area contributed by atoms with Crippen LogP contribution in [0.25, 0.3) is 11.5 Å². The molecular weight excluding hydrogens is 272 g/mol. The topological polar surface area (TPSA) is 103 Å². The van der Waals surface area contributed by atoms with Crippen LogP contribution in [0.3, 0.4) is 0 Å². The van der Waals surface area contributed by atoms with E-state index < -0.39 is 0 Å². The number of amides is 1. The Morgan fingerprint density at radius 1 is 1.52 bits per heavy atom. The number of aryl methyl sites for hydroxylation is 1. The highest BCUT2D eigenvalue weighted by Crippen LogP contribution is 2.24. The highest BCUT2D eigenvalue weighted by atomic mass is 16.5. The number of benzene rings is 1. The number of methoxy groups -OCH3 is 1. The van der Waals surface area contributed by atoms with E-state index in [4.69, 9.17) is 14.9 Å². The highest BCUT2D eigenvalue weighted by Gasteiger charge is 2.13. The molecule has 1 unspecified atom stereocenters. The summed E-state index contributed by atoms with van der Waals surface area (Å²) in [6.45, 7) is 2.20. The number of rotatable bonds is 6. The number of aromatic nitrogens is 2. The van der Waals surface area contributed by atoms with Crippen molar-refractivity contribution in [3.63, 3.8) is 0 Å². The van der Waals surface area contributed by atoms with Crippen LogP contribution in [0.5, 0.6) is 0 Å². The summed E-state index contributed by atoms with van der Waals surface area (Å²) >= 11 is 0. The standard InChI is InChI=1S/C14H18N4O3/c1-9-3-4-10(14-18-16-8-21-14)5-12(9)17-13(19)6-11(7-15)20-2/h3-5,8,11H,6-7,15H2,1-2H3,(H,17,19). The van der Waals surface area contributed by atoms with Crippen LogP contribution in [0.1, 0.15) is 12.0 Å². The third kappa shape index (κ3) is 3.87. The Morgan fingerprint density at radius 3 is 2.95 bits per heavy atom. The van der Waals surface area contributed by atoms with Gasteiger partial charge in [-0.2, -0.15) is 0 Å². The van der Waals surface area contributed by atoms with Gasteiger partial charge in [0.15, 0.2) is 0 Å². The fourth-order valence-electron chi connectivity index (χ4n) is 1.86. The molecule has 0 spiro atoms. The zero-order chi connectivity index (χ0) is 15.2. The Morgan fingerprint density at radius 2 is 2.33 bits per heavy atom. The van der Waals surface area contributed by atoms with Gasteiger partial charge in [-0.3, -0.25) is 4.79 Å². The molecule has 7 heteroatoms. The number of hydrogen-bond acceptors (Lipinski definition) is 6. The molecule has 1 aromatic heterocycles. The molecule has 0 aliphatic rings. The predicted molar refractivity (Wildman–Crippen MR) is 77.6 cm³/mol. The first-order chi connectivity index (χ1) is 10.1. The second-order valence-corrected chi connectivity index (χ2v) is 4.62. The summed E-state index contributed by atoms with van der Waals surface area (Å²) in [5, 5.41) is 10.3. The van der Waals surface area contributed by atoms with Gasteiger partial charge in [0.25, 0.3) is 0 Å². The molecule has 0 saturated heterocycles. The van der Waals surface area contributed by atoms with Gasteiger partial charge in [-0.1, -0.05) is 6.07 Å². The van der Waals surface area contributed by atoms with E-state index in [0.29, 0.717) is 18.1 Å². The quantitative estimate of drug-likeness (QED) is 0.832. The van der Waals surface area contributed by atoms with Gasteiger partial charge in [0.05, 0.1) is 12.5 Å². The molecule has 1 aromatic carbocycles. The van der Waals surface area contributed by atoms with E-state index in [1.165, 1.54) is 13.5 Å². The van der Waals surface area contributed by atoms with Gasteiger partial charge in [-0.25, -0.2) is 0 Å². The minimum Gasteiger partial charge on any atom is -0.423 e. The Bertz CT molecular complexity index is 594. The van der Waals surface area contributed by atoms with Crippen molar-refractivity contribution in [3.05, 3.63) is 30.2 Å². The maximum atomic E-state index is 12.0. The largest absolute Gasteiger partial charge is 0.423 e. The van der Waals surface area contributed by atoms with Crippen LogP contribution < -0.4 is 11.1 Å². The van der Waals surface area contributed by atoms with Crippen molar-refractivity contribution in [2.24, 2.45) is 5.73 Å². The summed E-state index contributed by atoms with van der Waals surface area (Å²) in [5.41, 5.74) is 7.89. The second kappa shape index (κ2) is 6.96. The number of nitrogens with one attached hydrogen (secondary N) is 1. The van der Waals surface area contributed by atoms with Gasteiger partial charge in [0.1, 0.15) is 0 Å². The molecule has 0 fully saturated rings. The van der Waals surface area contributed by atoms with Gasteiger partial charge in [0.2, 0.25) is 18.2 Å². The molecule has 0 saturated carbocycles. The Hall–Kier alpha value is -2.25. The van der Waals surface area contributed by atoms with E-state index in [-0.39, 0.29) is 18.4 Å². The van der Waals surface area contributed by atoms with E-state index in [1.54, 1.807) is 6.07 Å². The molecule has 7 nitrogen and oxygen atoms in total. The van der Waals surface area contributed by atoms with Crippen LogP contribution in [-0.2, 0) is 9.53 Å². The lowest BCUT2D eigenvalue weighted by atomic mass is 10.1. The van der Waals surface area contributed by atoms with Gasteiger partial charge in [-0.05, 0) is 24.6 Å².